The molecule has 3 nitrogen and oxygen atoms in total. The van der Waals surface area contributed by atoms with Crippen molar-refractivity contribution in [1.29, 1.82) is 0 Å². The van der Waals surface area contributed by atoms with Crippen molar-refractivity contribution < 1.29 is 0 Å². The third kappa shape index (κ3) is 4.60. The molecule has 0 aliphatic heterocycles. The third-order valence-corrected chi connectivity index (χ3v) is 6.80. The van der Waals surface area contributed by atoms with E-state index in [9.17, 15) is 0 Å². The lowest BCUT2D eigenvalue weighted by Crippen LogP contribution is -2.22. The summed E-state index contributed by atoms with van der Waals surface area (Å²) in [7, 11) is 0. The number of rotatable bonds is 6. The maximum Gasteiger partial charge on any atom is 0.157 e. The van der Waals surface area contributed by atoms with E-state index in [2.05, 4.69) is 67.3 Å². The molecule has 1 N–H and O–H groups in total. The highest BCUT2D eigenvalue weighted by Gasteiger charge is 2.11. The molecule has 2 aromatic rings. The second-order valence-electron chi connectivity index (χ2n) is 4.58. The smallest absolute Gasteiger partial charge is 0.157 e. The zero-order valence-electron chi connectivity index (χ0n) is 10.7. The molecule has 0 aliphatic carbocycles. The van der Waals surface area contributed by atoms with Crippen molar-refractivity contribution in [3.8, 4) is 9.88 Å². The van der Waals surface area contributed by atoms with E-state index in [0.717, 1.165) is 42.7 Å². The first-order valence-electron chi connectivity index (χ1n) is 6.04. The minimum Gasteiger partial charge on any atom is -0.316 e. The van der Waals surface area contributed by atoms with Crippen molar-refractivity contribution in [2.45, 2.75) is 20.3 Å². The number of hydrogen-bond donors (Lipinski definition) is 1. The van der Waals surface area contributed by atoms with Gasteiger partial charge in [-0.05, 0) is 50.4 Å². The van der Waals surface area contributed by atoms with E-state index in [1.165, 1.54) is 0 Å². The summed E-state index contributed by atoms with van der Waals surface area (Å²) in [5.74, 6) is 0.686. The van der Waals surface area contributed by atoms with Crippen LogP contribution in [0, 0.1) is 5.92 Å². The molecular formula is C12H15Br2N3S2. The SMILES string of the molecule is CC(C)CNCCc1nnc(-c2cc(Br)c(Br)s2)s1. The van der Waals surface area contributed by atoms with Gasteiger partial charge in [0.1, 0.15) is 5.01 Å². The molecule has 0 aromatic carbocycles. The van der Waals surface area contributed by atoms with Gasteiger partial charge in [0.2, 0.25) is 0 Å². The standard InChI is InChI=1S/C12H15Br2N3S2/c1-7(2)6-15-4-3-10-16-17-12(19-10)9-5-8(13)11(14)18-9/h5,7,15H,3-4,6H2,1-2H3. The van der Waals surface area contributed by atoms with Crippen LogP contribution in [0.2, 0.25) is 0 Å². The highest BCUT2D eigenvalue weighted by molar-refractivity contribution is 9.13. The fourth-order valence-electron chi connectivity index (χ4n) is 1.49. The predicted molar refractivity (Wildman–Crippen MR) is 90.0 cm³/mol. The second-order valence-corrected chi connectivity index (χ2v) is 8.87. The Hall–Kier alpha value is 0.180. The van der Waals surface area contributed by atoms with E-state index in [-0.39, 0.29) is 0 Å². The zero-order chi connectivity index (χ0) is 13.8. The summed E-state index contributed by atoms with van der Waals surface area (Å²) in [5.41, 5.74) is 0. The summed E-state index contributed by atoms with van der Waals surface area (Å²) in [5, 5.41) is 14.0. The van der Waals surface area contributed by atoms with Gasteiger partial charge in [0.05, 0.1) is 8.66 Å². The molecule has 104 valence electrons. The van der Waals surface area contributed by atoms with Crippen LogP contribution in [0.25, 0.3) is 9.88 Å². The molecule has 0 saturated carbocycles. The first kappa shape index (κ1) is 15.6. The van der Waals surface area contributed by atoms with Crippen LogP contribution in [0.1, 0.15) is 18.9 Å². The van der Waals surface area contributed by atoms with Gasteiger partial charge in [-0.1, -0.05) is 25.2 Å². The fourth-order valence-corrected chi connectivity index (χ4v) is 4.41. The molecule has 0 fully saturated rings. The van der Waals surface area contributed by atoms with Crippen LogP contribution < -0.4 is 5.32 Å². The molecule has 0 saturated heterocycles. The number of halogens is 2. The lowest BCUT2D eigenvalue weighted by molar-refractivity contribution is 0.553. The van der Waals surface area contributed by atoms with E-state index >= 15 is 0 Å². The summed E-state index contributed by atoms with van der Waals surface area (Å²) < 4.78 is 2.17. The molecule has 0 amide bonds. The lowest BCUT2D eigenvalue weighted by atomic mass is 10.2. The van der Waals surface area contributed by atoms with Crippen molar-refractivity contribution in [2.24, 2.45) is 5.92 Å². The summed E-state index contributed by atoms with van der Waals surface area (Å²) in [6.07, 6.45) is 0.943. The molecule has 7 heteroatoms. The van der Waals surface area contributed by atoms with Gasteiger partial charge in [-0.3, -0.25) is 0 Å². The number of nitrogens with zero attached hydrogens (tertiary/aromatic N) is 2. The molecular weight excluding hydrogens is 410 g/mol. The fraction of sp³-hybridized carbons (Fsp3) is 0.500. The summed E-state index contributed by atoms with van der Waals surface area (Å²) in [6.45, 7) is 6.44. The van der Waals surface area contributed by atoms with Gasteiger partial charge in [0.15, 0.2) is 5.01 Å². The average molecular weight is 425 g/mol. The molecule has 0 bridgehead atoms. The van der Waals surface area contributed by atoms with Crippen LogP contribution in [0.15, 0.2) is 14.3 Å². The molecule has 0 aliphatic rings. The van der Waals surface area contributed by atoms with Gasteiger partial charge in [-0.15, -0.1) is 21.5 Å². The number of thiophene rings is 1. The van der Waals surface area contributed by atoms with Crippen LogP contribution in [0.4, 0.5) is 0 Å². The summed E-state index contributed by atoms with van der Waals surface area (Å²) in [4.78, 5) is 1.15. The van der Waals surface area contributed by atoms with Crippen LogP contribution >= 0.6 is 54.5 Å². The van der Waals surface area contributed by atoms with Crippen LogP contribution in [-0.2, 0) is 6.42 Å². The summed E-state index contributed by atoms with van der Waals surface area (Å²) >= 11 is 10.3. The van der Waals surface area contributed by atoms with E-state index in [1.807, 2.05) is 0 Å². The molecule has 0 unspecified atom stereocenters. The van der Waals surface area contributed by atoms with Gasteiger partial charge in [0.25, 0.3) is 0 Å². The first-order chi connectivity index (χ1) is 9.06. The van der Waals surface area contributed by atoms with E-state index in [1.54, 1.807) is 22.7 Å². The Bertz CT molecular complexity index is 517. The van der Waals surface area contributed by atoms with Crippen LogP contribution in [-0.4, -0.2) is 23.3 Å². The molecule has 0 spiro atoms. The molecule has 2 heterocycles. The van der Waals surface area contributed by atoms with Gasteiger partial charge in [0, 0.05) is 17.4 Å². The Morgan fingerprint density at radius 1 is 1.26 bits per heavy atom. The highest BCUT2D eigenvalue weighted by atomic mass is 79.9. The Morgan fingerprint density at radius 2 is 2.05 bits per heavy atom. The molecule has 19 heavy (non-hydrogen) atoms. The second kappa shape index (κ2) is 7.26. The van der Waals surface area contributed by atoms with Crippen molar-refractivity contribution in [2.75, 3.05) is 13.1 Å². The monoisotopic (exact) mass is 423 g/mol. The zero-order valence-corrected chi connectivity index (χ0v) is 15.5. The Labute approximate surface area is 138 Å². The Kier molecular flexibility index (Phi) is 5.95. The average Bonchev–Trinajstić information content (AvgIpc) is 2.93. The first-order valence-corrected chi connectivity index (χ1v) is 9.26. The van der Waals surface area contributed by atoms with E-state index < -0.39 is 0 Å². The highest BCUT2D eigenvalue weighted by Crippen LogP contribution is 2.39. The Morgan fingerprint density at radius 3 is 2.68 bits per heavy atom. The lowest BCUT2D eigenvalue weighted by Gasteiger charge is -2.04. The Balaban J connectivity index is 1.92. The minimum absolute atomic E-state index is 0.686. The van der Waals surface area contributed by atoms with Gasteiger partial charge >= 0.3 is 0 Å². The third-order valence-electron chi connectivity index (χ3n) is 2.39. The van der Waals surface area contributed by atoms with Gasteiger partial charge in [-0.2, -0.15) is 0 Å². The largest absolute Gasteiger partial charge is 0.316 e. The number of aromatic nitrogens is 2. The molecule has 0 atom stereocenters. The van der Waals surface area contributed by atoms with E-state index in [0.29, 0.717) is 5.92 Å². The number of nitrogens with one attached hydrogen (secondary N) is 1. The molecule has 0 radical (unpaired) electrons. The quantitative estimate of drug-likeness (QED) is 0.689. The van der Waals surface area contributed by atoms with Crippen molar-refractivity contribution >= 4 is 54.5 Å². The van der Waals surface area contributed by atoms with Crippen LogP contribution in [0.3, 0.4) is 0 Å². The normalized spacial score (nSPS) is 11.4. The topological polar surface area (TPSA) is 37.8 Å². The van der Waals surface area contributed by atoms with Gasteiger partial charge in [-0.25, -0.2) is 0 Å². The maximum absolute atomic E-state index is 4.26. The van der Waals surface area contributed by atoms with Crippen LogP contribution in [0.5, 0.6) is 0 Å². The van der Waals surface area contributed by atoms with Crippen molar-refractivity contribution in [3.05, 3.63) is 19.3 Å². The minimum atomic E-state index is 0.686. The van der Waals surface area contributed by atoms with E-state index in [4.69, 9.17) is 0 Å². The molecule has 2 rings (SSSR count). The number of hydrogen-bond acceptors (Lipinski definition) is 5. The van der Waals surface area contributed by atoms with Crippen molar-refractivity contribution in [1.82, 2.24) is 15.5 Å². The summed E-state index contributed by atoms with van der Waals surface area (Å²) in [6, 6.07) is 2.08. The van der Waals surface area contributed by atoms with Gasteiger partial charge < -0.3 is 5.32 Å². The maximum atomic E-state index is 4.26. The van der Waals surface area contributed by atoms with Crippen molar-refractivity contribution in [3.63, 3.8) is 0 Å². The predicted octanol–water partition coefficient (Wildman–Crippen LogP) is 4.58. The molecule has 2 aromatic heterocycles.